The van der Waals surface area contributed by atoms with Crippen LogP contribution in [0.5, 0.6) is 0 Å². The SMILES string of the molecule is C[C@@]12C=C[C@](C)(O1)[C@H]1C(=O)N(c3ccc(C#N)cc3)C(=O)[C@H]12. The van der Waals surface area contributed by atoms with E-state index in [0.717, 1.165) is 0 Å². The van der Waals surface area contributed by atoms with Crippen molar-refractivity contribution in [1.29, 1.82) is 5.26 Å². The molecule has 1 aromatic rings. The van der Waals surface area contributed by atoms with Crippen LogP contribution in [-0.2, 0) is 14.3 Å². The molecule has 4 rings (SSSR count). The third-order valence-electron chi connectivity index (χ3n) is 4.98. The molecule has 3 aliphatic heterocycles. The summed E-state index contributed by atoms with van der Waals surface area (Å²) in [6.07, 6.45) is 3.78. The number of carbonyl (C=O) groups is 2. The molecule has 3 heterocycles. The average molecular weight is 294 g/mol. The second kappa shape index (κ2) is 3.84. The van der Waals surface area contributed by atoms with Gasteiger partial charge < -0.3 is 4.74 Å². The van der Waals surface area contributed by atoms with Crippen LogP contribution in [0, 0.1) is 23.2 Å². The number of hydrogen-bond donors (Lipinski definition) is 0. The molecular weight excluding hydrogens is 280 g/mol. The molecule has 2 fully saturated rings. The Morgan fingerprint density at radius 3 is 2.00 bits per heavy atom. The Morgan fingerprint density at radius 1 is 1.05 bits per heavy atom. The highest BCUT2D eigenvalue weighted by Gasteiger charge is 2.70. The van der Waals surface area contributed by atoms with E-state index in [0.29, 0.717) is 11.3 Å². The maximum absolute atomic E-state index is 12.8. The lowest BCUT2D eigenvalue weighted by molar-refractivity contribution is -0.128. The summed E-state index contributed by atoms with van der Waals surface area (Å²) < 4.78 is 5.95. The molecule has 0 aromatic heterocycles. The van der Waals surface area contributed by atoms with Crippen molar-refractivity contribution in [2.45, 2.75) is 25.0 Å². The molecule has 110 valence electrons. The minimum absolute atomic E-state index is 0.227. The molecule has 0 unspecified atom stereocenters. The summed E-state index contributed by atoms with van der Waals surface area (Å²) in [7, 11) is 0. The number of anilines is 1. The Hall–Kier alpha value is -2.45. The van der Waals surface area contributed by atoms with Crippen molar-refractivity contribution in [3.05, 3.63) is 42.0 Å². The highest BCUT2D eigenvalue weighted by Crippen LogP contribution is 2.57. The van der Waals surface area contributed by atoms with Gasteiger partial charge in [-0.05, 0) is 38.1 Å². The van der Waals surface area contributed by atoms with Crippen LogP contribution in [-0.4, -0.2) is 23.0 Å². The number of ether oxygens (including phenoxy) is 1. The first-order chi connectivity index (χ1) is 10.4. The summed E-state index contributed by atoms with van der Waals surface area (Å²) in [6.45, 7) is 3.71. The van der Waals surface area contributed by atoms with E-state index >= 15 is 0 Å². The summed E-state index contributed by atoms with van der Waals surface area (Å²) in [6, 6.07) is 8.51. The summed E-state index contributed by atoms with van der Waals surface area (Å²) >= 11 is 0. The van der Waals surface area contributed by atoms with Crippen molar-refractivity contribution in [2.75, 3.05) is 4.90 Å². The van der Waals surface area contributed by atoms with Crippen LogP contribution in [0.25, 0.3) is 0 Å². The van der Waals surface area contributed by atoms with Gasteiger partial charge in [-0.3, -0.25) is 9.59 Å². The van der Waals surface area contributed by atoms with Crippen molar-refractivity contribution in [3.63, 3.8) is 0 Å². The molecule has 3 aliphatic rings. The van der Waals surface area contributed by atoms with Gasteiger partial charge in [0.2, 0.25) is 11.8 Å². The molecule has 2 amide bonds. The lowest BCUT2D eigenvalue weighted by Crippen LogP contribution is -2.39. The third kappa shape index (κ3) is 1.40. The highest BCUT2D eigenvalue weighted by molar-refractivity contribution is 6.23. The number of carbonyl (C=O) groups excluding carboxylic acids is 2. The van der Waals surface area contributed by atoms with Gasteiger partial charge in [-0.15, -0.1) is 0 Å². The molecule has 0 aliphatic carbocycles. The maximum atomic E-state index is 12.8. The smallest absolute Gasteiger partial charge is 0.241 e. The zero-order valence-corrected chi connectivity index (χ0v) is 12.2. The lowest BCUT2D eigenvalue weighted by atomic mass is 9.73. The number of amides is 2. The minimum atomic E-state index is -0.715. The third-order valence-corrected chi connectivity index (χ3v) is 4.98. The molecule has 1 aromatic carbocycles. The molecule has 0 radical (unpaired) electrons. The van der Waals surface area contributed by atoms with Crippen LogP contribution in [0.4, 0.5) is 5.69 Å². The first-order valence-corrected chi connectivity index (χ1v) is 7.18. The zero-order valence-electron chi connectivity index (χ0n) is 12.2. The van der Waals surface area contributed by atoms with Crippen LogP contribution in [0.3, 0.4) is 0 Å². The molecular formula is C17H14N2O3. The molecule has 4 atom stereocenters. The number of nitriles is 1. The van der Waals surface area contributed by atoms with Crippen molar-refractivity contribution in [2.24, 2.45) is 11.8 Å². The molecule has 22 heavy (non-hydrogen) atoms. The van der Waals surface area contributed by atoms with E-state index in [4.69, 9.17) is 10.00 Å². The Labute approximate surface area is 127 Å². The predicted octanol–water partition coefficient (Wildman–Crippen LogP) is 1.78. The lowest BCUT2D eigenvalue weighted by Gasteiger charge is -2.25. The Balaban J connectivity index is 1.78. The fourth-order valence-electron chi connectivity index (χ4n) is 3.97. The number of nitrogens with zero attached hydrogens (tertiary/aromatic N) is 2. The van der Waals surface area contributed by atoms with Crippen LogP contribution in [0.1, 0.15) is 19.4 Å². The van der Waals surface area contributed by atoms with Gasteiger partial charge in [0.15, 0.2) is 0 Å². The maximum Gasteiger partial charge on any atom is 0.241 e. The quantitative estimate of drug-likeness (QED) is 0.585. The minimum Gasteiger partial charge on any atom is -0.359 e. The number of rotatable bonds is 1. The van der Waals surface area contributed by atoms with Gasteiger partial charge in [0.05, 0.1) is 40.4 Å². The molecule has 0 spiro atoms. The van der Waals surface area contributed by atoms with Gasteiger partial charge in [-0.25, -0.2) is 4.90 Å². The summed E-state index contributed by atoms with van der Waals surface area (Å²) in [5.74, 6) is -1.41. The first-order valence-electron chi connectivity index (χ1n) is 7.18. The second-order valence-electron chi connectivity index (χ2n) is 6.43. The number of imide groups is 1. The first kappa shape index (κ1) is 13.2. The summed E-state index contributed by atoms with van der Waals surface area (Å²) in [5, 5.41) is 8.85. The number of benzene rings is 1. The van der Waals surface area contributed by atoms with E-state index in [9.17, 15) is 9.59 Å². The van der Waals surface area contributed by atoms with E-state index in [1.54, 1.807) is 24.3 Å². The van der Waals surface area contributed by atoms with Crippen molar-refractivity contribution < 1.29 is 14.3 Å². The molecule has 2 saturated heterocycles. The molecule has 5 nitrogen and oxygen atoms in total. The molecule has 0 saturated carbocycles. The molecule has 2 bridgehead atoms. The monoisotopic (exact) mass is 294 g/mol. The standard InChI is InChI=1S/C17H14N2O3/c1-16-7-8-17(2,22-16)13-12(16)14(20)19(15(13)21)11-5-3-10(9-18)4-6-11/h3-8,12-13H,1-2H3/t12-,13+,16-,17-/m0/s1. The van der Waals surface area contributed by atoms with E-state index < -0.39 is 23.0 Å². The predicted molar refractivity (Wildman–Crippen MR) is 77.7 cm³/mol. The van der Waals surface area contributed by atoms with Crippen LogP contribution in [0.15, 0.2) is 36.4 Å². The van der Waals surface area contributed by atoms with Gasteiger partial charge >= 0.3 is 0 Å². The second-order valence-corrected chi connectivity index (χ2v) is 6.43. The number of hydrogen-bond acceptors (Lipinski definition) is 4. The largest absolute Gasteiger partial charge is 0.359 e. The van der Waals surface area contributed by atoms with E-state index in [-0.39, 0.29) is 11.8 Å². The fourth-order valence-corrected chi connectivity index (χ4v) is 3.97. The van der Waals surface area contributed by atoms with E-state index in [1.807, 2.05) is 32.1 Å². The number of fused-ring (bicyclic) bond motifs is 5. The fraction of sp³-hybridized carbons (Fsp3) is 0.353. The average Bonchev–Trinajstić information content (AvgIpc) is 3.04. The zero-order chi connectivity index (χ0) is 15.7. The normalized spacial score (nSPS) is 38.5. The van der Waals surface area contributed by atoms with Gasteiger partial charge in [0.1, 0.15) is 0 Å². The Morgan fingerprint density at radius 2 is 1.55 bits per heavy atom. The van der Waals surface area contributed by atoms with Gasteiger partial charge in [0, 0.05) is 0 Å². The van der Waals surface area contributed by atoms with Crippen molar-refractivity contribution in [3.8, 4) is 6.07 Å². The van der Waals surface area contributed by atoms with Gasteiger partial charge in [-0.2, -0.15) is 5.26 Å². The van der Waals surface area contributed by atoms with Crippen LogP contribution < -0.4 is 4.90 Å². The van der Waals surface area contributed by atoms with Gasteiger partial charge in [-0.1, -0.05) is 12.2 Å². The molecule has 0 N–H and O–H groups in total. The topological polar surface area (TPSA) is 70.4 Å². The van der Waals surface area contributed by atoms with Crippen LogP contribution in [0.2, 0.25) is 0 Å². The summed E-state index contributed by atoms with van der Waals surface area (Å²) in [4.78, 5) is 26.9. The van der Waals surface area contributed by atoms with E-state index in [2.05, 4.69) is 0 Å². The Bertz CT molecular complexity index is 740. The highest BCUT2D eigenvalue weighted by atomic mass is 16.5. The summed E-state index contributed by atoms with van der Waals surface area (Å²) in [5.41, 5.74) is -0.428. The molecule has 5 heteroatoms. The Kier molecular flexibility index (Phi) is 2.31. The van der Waals surface area contributed by atoms with Crippen molar-refractivity contribution in [1.82, 2.24) is 0 Å². The van der Waals surface area contributed by atoms with Crippen LogP contribution >= 0.6 is 0 Å². The van der Waals surface area contributed by atoms with Crippen molar-refractivity contribution >= 4 is 17.5 Å². The van der Waals surface area contributed by atoms with Gasteiger partial charge in [0.25, 0.3) is 0 Å². The van der Waals surface area contributed by atoms with E-state index in [1.165, 1.54) is 4.90 Å².